The maximum atomic E-state index is 12.5. The van der Waals surface area contributed by atoms with Crippen LogP contribution in [0.5, 0.6) is 0 Å². The van der Waals surface area contributed by atoms with Crippen molar-refractivity contribution in [1.82, 2.24) is 0 Å². The van der Waals surface area contributed by atoms with Crippen molar-refractivity contribution in [2.24, 2.45) is 11.3 Å². The molecule has 5 heteroatoms. The Hall–Kier alpha value is -1.20. The lowest BCUT2D eigenvalue weighted by Crippen LogP contribution is -2.37. The third-order valence-electron chi connectivity index (χ3n) is 4.72. The van der Waals surface area contributed by atoms with Crippen molar-refractivity contribution in [2.45, 2.75) is 50.8 Å². The van der Waals surface area contributed by atoms with E-state index in [-0.39, 0.29) is 17.3 Å². The fraction of sp³-hybridized carbons (Fsp3) is 0.588. The highest BCUT2D eigenvalue weighted by atomic mass is 32.2. The molecule has 2 rings (SSSR count). The molecular weight excluding hydrogens is 300 g/mol. The minimum Gasteiger partial charge on any atom is -0.296 e. The van der Waals surface area contributed by atoms with Crippen molar-refractivity contribution in [3.63, 3.8) is 0 Å². The Kier molecular flexibility index (Phi) is 5.40. The van der Waals surface area contributed by atoms with Crippen LogP contribution in [-0.4, -0.2) is 20.8 Å². The molecule has 0 atom stereocenters. The predicted octanol–water partition coefficient (Wildman–Crippen LogP) is 3.57. The molecule has 0 spiro atoms. The summed E-state index contributed by atoms with van der Waals surface area (Å²) in [5.41, 5.74) is -0.535. The molecule has 1 saturated carbocycles. The first-order chi connectivity index (χ1) is 10.3. The number of hydrogen-bond acceptors (Lipinski definition) is 4. The lowest BCUT2D eigenvalue weighted by atomic mass is 9.69. The second-order valence-corrected chi connectivity index (χ2v) is 8.12. The molecule has 1 aliphatic rings. The van der Waals surface area contributed by atoms with E-state index in [2.05, 4.69) is 0 Å². The standard InChI is InChI=1S/C17H24O4S/c1-17(2,14-9-5-3-6-10-14)16(18)13-21-22(19,20)15-11-7-4-8-12-15/h4,7-8,11-12,14H,3,5-6,9-10,13H2,1-2H3. The minimum atomic E-state index is -3.87. The van der Waals surface area contributed by atoms with E-state index in [4.69, 9.17) is 4.18 Å². The fourth-order valence-corrected chi connectivity index (χ4v) is 3.91. The number of rotatable bonds is 6. The summed E-state index contributed by atoms with van der Waals surface area (Å²) >= 11 is 0. The molecule has 1 fully saturated rings. The third kappa shape index (κ3) is 3.96. The van der Waals surface area contributed by atoms with Crippen LogP contribution in [0.1, 0.15) is 46.0 Å². The monoisotopic (exact) mass is 324 g/mol. The Morgan fingerprint density at radius 1 is 1.14 bits per heavy atom. The molecule has 0 heterocycles. The topological polar surface area (TPSA) is 60.4 Å². The van der Waals surface area contributed by atoms with E-state index in [0.717, 1.165) is 25.7 Å². The summed E-state index contributed by atoms with van der Waals surface area (Å²) in [7, 11) is -3.87. The van der Waals surface area contributed by atoms with Crippen LogP contribution in [0, 0.1) is 11.3 Å². The molecule has 0 aromatic heterocycles. The Labute approximate surface area is 133 Å². The molecule has 0 unspecified atom stereocenters. The molecule has 1 aromatic rings. The first kappa shape index (κ1) is 17.2. The Morgan fingerprint density at radius 3 is 2.32 bits per heavy atom. The van der Waals surface area contributed by atoms with Crippen LogP contribution in [0.3, 0.4) is 0 Å². The van der Waals surface area contributed by atoms with Crippen molar-refractivity contribution in [1.29, 1.82) is 0 Å². The number of carbonyl (C=O) groups is 1. The molecule has 4 nitrogen and oxygen atoms in total. The first-order valence-corrected chi connectivity index (χ1v) is 9.22. The van der Waals surface area contributed by atoms with Gasteiger partial charge in [-0.2, -0.15) is 8.42 Å². The summed E-state index contributed by atoms with van der Waals surface area (Å²) < 4.78 is 29.1. The van der Waals surface area contributed by atoms with Gasteiger partial charge < -0.3 is 0 Å². The Morgan fingerprint density at radius 2 is 1.73 bits per heavy atom. The molecule has 0 amide bonds. The molecule has 22 heavy (non-hydrogen) atoms. The Balaban J connectivity index is 2.00. The molecule has 0 aliphatic heterocycles. The highest BCUT2D eigenvalue weighted by Gasteiger charge is 2.37. The van der Waals surface area contributed by atoms with Gasteiger partial charge in [0.2, 0.25) is 0 Å². The molecule has 0 saturated heterocycles. The van der Waals surface area contributed by atoms with Gasteiger partial charge in [-0.25, -0.2) is 0 Å². The minimum absolute atomic E-state index is 0.0817. The summed E-state index contributed by atoms with van der Waals surface area (Å²) in [6, 6.07) is 7.92. The molecule has 0 radical (unpaired) electrons. The molecule has 122 valence electrons. The summed E-state index contributed by atoms with van der Waals surface area (Å²) in [5, 5.41) is 0. The van der Waals surface area contributed by atoms with Crippen LogP contribution in [0.25, 0.3) is 0 Å². The summed E-state index contributed by atoms with van der Waals surface area (Å²) in [6.45, 7) is 3.42. The van der Waals surface area contributed by atoms with Crippen LogP contribution in [0.4, 0.5) is 0 Å². The van der Waals surface area contributed by atoms with Crippen molar-refractivity contribution in [2.75, 3.05) is 6.61 Å². The number of ketones is 1. The normalized spacial score (nSPS) is 17.4. The van der Waals surface area contributed by atoms with Gasteiger partial charge in [-0.3, -0.25) is 8.98 Å². The largest absolute Gasteiger partial charge is 0.297 e. The molecular formula is C17H24O4S. The van der Waals surface area contributed by atoms with Crippen molar-refractivity contribution in [3.05, 3.63) is 30.3 Å². The molecule has 1 aromatic carbocycles. The van der Waals surface area contributed by atoms with Crippen LogP contribution in [0.15, 0.2) is 35.2 Å². The fourth-order valence-electron chi connectivity index (χ4n) is 3.02. The van der Waals surface area contributed by atoms with E-state index < -0.39 is 15.5 Å². The second kappa shape index (κ2) is 6.92. The van der Waals surface area contributed by atoms with E-state index >= 15 is 0 Å². The maximum absolute atomic E-state index is 12.5. The van der Waals surface area contributed by atoms with Crippen molar-refractivity contribution >= 4 is 15.9 Å². The zero-order valence-electron chi connectivity index (χ0n) is 13.2. The zero-order chi connectivity index (χ0) is 16.2. The smallest absolute Gasteiger partial charge is 0.296 e. The van der Waals surface area contributed by atoms with Crippen molar-refractivity contribution in [3.8, 4) is 0 Å². The van der Waals surface area contributed by atoms with Gasteiger partial charge in [-0.15, -0.1) is 0 Å². The van der Waals surface area contributed by atoms with Gasteiger partial charge in [0.15, 0.2) is 5.78 Å². The van der Waals surface area contributed by atoms with Crippen LogP contribution >= 0.6 is 0 Å². The third-order valence-corrected chi connectivity index (χ3v) is 6.00. The van der Waals surface area contributed by atoms with Gasteiger partial charge in [-0.1, -0.05) is 51.3 Å². The number of carbonyl (C=O) groups excluding carboxylic acids is 1. The van der Waals surface area contributed by atoms with Crippen LogP contribution in [-0.2, 0) is 19.1 Å². The lowest BCUT2D eigenvalue weighted by molar-refractivity contribution is -0.132. The highest BCUT2D eigenvalue weighted by molar-refractivity contribution is 7.86. The second-order valence-electron chi connectivity index (χ2n) is 6.51. The van der Waals surface area contributed by atoms with E-state index in [0.29, 0.717) is 5.92 Å². The zero-order valence-corrected chi connectivity index (χ0v) is 14.1. The molecule has 0 N–H and O–H groups in total. The highest BCUT2D eigenvalue weighted by Crippen LogP contribution is 2.39. The van der Waals surface area contributed by atoms with E-state index in [9.17, 15) is 13.2 Å². The van der Waals surface area contributed by atoms with Gasteiger partial charge in [0, 0.05) is 5.41 Å². The number of Topliss-reactive ketones (excluding diaryl/α,β-unsaturated/α-hetero) is 1. The van der Waals surface area contributed by atoms with E-state index in [1.54, 1.807) is 18.2 Å². The lowest BCUT2D eigenvalue weighted by Gasteiger charge is -2.35. The average molecular weight is 324 g/mol. The average Bonchev–Trinajstić information content (AvgIpc) is 2.54. The van der Waals surface area contributed by atoms with E-state index in [1.807, 2.05) is 13.8 Å². The van der Waals surface area contributed by atoms with Gasteiger partial charge in [0.05, 0.1) is 4.90 Å². The van der Waals surface area contributed by atoms with Gasteiger partial charge in [0.25, 0.3) is 10.1 Å². The van der Waals surface area contributed by atoms with Crippen LogP contribution in [0.2, 0.25) is 0 Å². The number of benzene rings is 1. The maximum Gasteiger partial charge on any atom is 0.297 e. The first-order valence-electron chi connectivity index (χ1n) is 7.82. The molecule has 0 bridgehead atoms. The molecule has 1 aliphatic carbocycles. The van der Waals surface area contributed by atoms with Gasteiger partial charge in [0.1, 0.15) is 6.61 Å². The van der Waals surface area contributed by atoms with E-state index in [1.165, 1.54) is 18.6 Å². The van der Waals surface area contributed by atoms with Crippen molar-refractivity contribution < 1.29 is 17.4 Å². The quantitative estimate of drug-likeness (QED) is 0.751. The SMILES string of the molecule is CC(C)(C(=O)COS(=O)(=O)c1ccccc1)C1CCCCC1. The predicted molar refractivity (Wildman–Crippen MR) is 84.9 cm³/mol. The summed E-state index contributed by atoms with van der Waals surface area (Å²) in [5.74, 6) is 0.177. The summed E-state index contributed by atoms with van der Waals surface area (Å²) in [6.07, 6.45) is 5.57. The van der Waals surface area contributed by atoms with Crippen LogP contribution < -0.4 is 0 Å². The number of hydrogen-bond donors (Lipinski definition) is 0. The van der Waals surface area contributed by atoms with Gasteiger partial charge >= 0.3 is 0 Å². The Bertz CT molecular complexity index is 599. The summed E-state index contributed by atoms with van der Waals surface area (Å²) in [4.78, 5) is 12.5. The van der Waals surface area contributed by atoms with Gasteiger partial charge in [-0.05, 0) is 30.9 Å².